The third kappa shape index (κ3) is 4.00. The quantitative estimate of drug-likeness (QED) is 0.308. The summed E-state index contributed by atoms with van der Waals surface area (Å²) in [6.07, 6.45) is 3.15. The van der Waals surface area contributed by atoms with Crippen molar-refractivity contribution >= 4 is 44.7 Å². The lowest BCUT2D eigenvalue weighted by Gasteiger charge is -2.11. The maximum Gasteiger partial charge on any atom is 0.329 e. The molecule has 3 aromatic carbocycles. The molecule has 4 rings (SSSR count). The van der Waals surface area contributed by atoms with Crippen LogP contribution in [-0.4, -0.2) is 23.4 Å². The molecule has 0 atom stereocenters. The van der Waals surface area contributed by atoms with Crippen LogP contribution in [0.5, 0.6) is 5.75 Å². The van der Waals surface area contributed by atoms with E-state index in [9.17, 15) is 9.59 Å². The number of nitrogens with zero attached hydrogens (tertiary/aromatic N) is 1. The zero-order valence-electron chi connectivity index (χ0n) is 16.1. The van der Waals surface area contributed by atoms with Crippen LogP contribution in [-0.2, 0) is 11.4 Å². The molecule has 3 aromatic rings. The van der Waals surface area contributed by atoms with Crippen molar-refractivity contribution in [2.75, 3.05) is 6.54 Å². The van der Waals surface area contributed by atoms with Gasteiger partial charge in [-0.2, -0.15) is 0 Å². The molecule has 0 aliphatic carbocycles. The fraction of sp³-hybridized carbons (Fsp3) is 0.0833. The SMILES string of the molecule is C=CCN1C(=O)N/C(=C/c2ccc(OCc3cccc4ccccc34)c(Br)c2)C1=O. The minimum absolute atomic E-state index is 0.173. The van der Waals surface area contributed by atoms with Gasteiger partial charge in [-0.15, -0.1) is 6.58 Å². The Bertz CT molecular complexity index is 1180. The molecule has 150 valence electrons. The van der Waals surface area contributed by atoms with Crippen LogP contribution < -0.4 is 10.1 Å². The molecule has 1 N–H and O–H groups in total. The number of ether oxygens (including phenoxy) is 1. The zero-order valence-corrected chi connectivity index (χ0v) is 17.7. The Kier molecular flexibility index (Phi) is 5.68. The summed E-state index contributed by atoms with van der Waals surface area (Å²) in [5.41, 5.74) is 2.11. The number of carbonyl (C=O) groups is 2. The Morgan fingerprint density at radius 1 is 1.07 bits per heavy atom. The van der Waals surface area contributed by atoms with E-state index in [1.807, 2.05) is 36.4 Å². The highest BCUT2D eigenvalue weighted by Crippen LogP contribution is 2.29. The number of amides is 3. The number of hydrogen-bond donors (Lipinski definition) is 1. The van der Waals surface area contributed by atoms with E-state index in [2.05, 4.69) is 52.1 Å². The molecule has 0 radical (unpaired) electrons. The fourth-order valence-electron chi connectivity index (χ4n) is 3.33. The monoisotopic (exact) mass is 462 g/mol. The third-order valence-electron chi connectivity index (χ3n) is 4.80. The highest BCUT2D eigenvalue weighted by molar-refractivity contribution is 9.10. The highest BCUT2D eigenvalue weighted by atomic mass is 79.9. The molecule has 6 heteroatoms. The topological polar surface area (TPSA) is 58.6 Å². The van der Waals surface area contributed by atoms with Gasteiger partial charge in [0.05, 0.1) is 4.47 Å². The van der Waals surface area contributed by atoms with Crippen molar-refractivity contribution in [3.05, 3.63) is 94.6 Å². The van der Waals surface area contributed by atoms with Gasteiger partial charge in [-0.05, 0) is 56.0 Å². The van der Waals surface area contributed by atoms with Crippen LogP contribution in [0.3, 0.4) is 0 Å². The lowest BCUT2D eigenvalue weighted by Crippen LogP contribution is -2.30. The highest BCUT2D eigenvalue weighted by Gasteiger charge is 2.32. The van der Waals surface area contributed by atoms with Gasteiger partial charge in [-0.1, -0.05) is 54.6 Å². The molecule has 5 nitrogen and oxygen atoms in total. The first-order chi connectivity index (χ1) is 14.6. The maximum absolute atomic E-state index is 12.3. The van der Waals surface area contributed by atoms with Crippen molar-refractivity contribution in [1.82, 2.24) is 10.2 Å². The van der Waals surface area contributed by atoms with E-state index < -0.39 is 6.03 Å². The number of rotatable bonds is 6. The minimum Gasteiger partial charge on any atom is -0.488 e. The van der Waals surface area contributed by atoms with Gasteiger partial charge < -0.3 is 10.1 Å². The van der Waals surface area contributed by atoms with Crippen molar-refractivity contribution in [2.45, 2.75) is 6.61 Å². The molecular formula is C24H19BrN2O3. The number of nitrogens with one attached hydrogen (secondary N) is 1. The first kappa shape index (κ1) is 19.9. The summed E-state index contributed by atoms with van der Waals surface area (Å²) in [5.74, 6) is 0.326. The lowest BCUT2D eigenvalue weighted by molar-refractivity contribution is -0.122. The maximum atomic E-state index is 12.3. The van der Waals surface area contributed by atoms with E-state index in [-0.39, 0.29) is 18.1 Å². The summed E-state index contributed by atoms with van der Waals surface area (Å²) in [7, 11) is 0. The van der Waals surface area contributed by atoms with Crippen molar-refractivity contribution in [3.63, 3.8) is 0 Å². The van der Waals surface area contributed by atoms with Crippen LogP contribution >= 0.6 is 15.9 Å². The molecule has 0 aromatic heterocycles. The molecule has 3 amide bonds. The third-order valence-corrected chi connectivity index (χ3v) is 5.42. The second kappa shape index (κ2) is 8.55. The summed E-state index contributed by atoms with van der Waals surface area (Å²) in [5, 5.41) is 4.93. The van der Waals surface area contributed by atoms with Gasteiger partial charge in [0.2, 0.25) is 0 Å². The van der Waals surface area contributed by atoms with Crippen LogP contribution in [0.2, 0.25) is 0 Å². The molecule has 1 aliphatic heterocycles. The standard InChI is InChI=1S/C24H19BrN2O3/c1-2-12-27-23(28)21(26-24(27)29)14-16-10-11-22(20(25)13-16)30-15-18-8-5-7-17-6-3-4-9-19(17)18/h2-11,13-14H,1,12,15H2,(H,26,29)/b21-14+. The van der Waals surface area contributed by atoms with Crippen LogP contribution in [0.4, 0.5) is 4.79 Å². The molecule has 30 heavy (non-hydrogen) atoms. The zero-order chi connectivity index (χ0) is 21.1. The number of benzene rings is 3. The van der Waals surface area contributed by atoms with Gasteiger partial charge in [-0.3, -0.25) is 9.69 Å². The minimum atomic E-state index is -0.444. The molecule has 0 spiro atoms. The van der Waals surface area contributed by atoms with Crippen LogP contribution in [0.1, 0.15) is 11.1 Å². The number of hydrogen-bond acceptors (Lipinski definition) is 3. The van der Waals surface area contributed by atoms with Gasteiger partial charge in [-0.25, -0.2) is 4.79 Å². The van der Waals surface area contributed by atoms with Gasteiger partial charge in [0.1, 0.15) is 18.1 Å². The second-order valence-corrected chi connectivity index (χ2v) is 7.66. The van der Waals surface area contributed by atoms with E-state index in [1.54, 1.807) is 6.08 Å². The van der Waals surface area contributed by atoms with Crippen LogP contribution in [0, 0.1) is 0 Å². The van der Waals surface area contributed by atoms with Crippen LogP contribution in [0.15, 0.2) is 83.5 Å². The van der Waals surface area contributed by atoms with Gasteiger partial charge in [0.25, 0.3) is 5.91 Å². The Morgan fingerprint density at radius 3 is 2.67 bits per heavy atom. The van der Waals surface area contributed by atoms with Gasteiger partial charge >= 0.3 is 6.03 Å². The summed E-state index contributed by atoms with van der Waals surface area (Å²) in [6, 6.07) is 19.4. The molecule has 1 saturated heterocycles. The Morgan fingerprint density at radius 2 is 1.87 bits per heavy atom. The molecule has 0 bridgehead atoms. The molecule has 1 aliphatic rings. The predicted molar refractivity (Wildman–Crippen MR) is 121 cm³/mol. The Labute approximate surface area is 182 Å². The molecular weight excluding hydrogens is 444 g/mol. The number of halogens is 1. The molecule has 1 heterocycles. The first-order valence-corrected chi connectivity index (χ1v) is 10.2. The molecule has 1 fully saturated rings. The van der Waals surface area contributed by atoms with Crippen molar-refractivity contribution in [3.8, 4) is 5.75 Å². The van der Waals surface area contributed by atoms with Crippen molar-refractivity contribution < 1.29 is 14.3 Å². The smallest absolute Gasteiger partial charge is 0.329 e. The predicted octanol–water partition coefficient (Wildman–Crippen LogP) is 5.26. The van der Waals surface area contributed by atoms with E-state index >= 15 is 0 Å². The fourth-order valence-corrected chi connectivity index (χ4v) is 3.84. The summed E-state index contributed by atoms with van der Waals surface area (Å²) >= 11 is 3.53. The average Bonchev–Trinajstić information content (AvgIpc) is 3.01. The van der Waals surface area contributed by atoms with Gasteiger partial charge in [0.15, 0.2) is 0 Å². The number of fused-ring (bicyclic) bond motifs is 1. The van der Waals surface area contributed by atoms with E-state index in [4.69, 9.17) is 4.74 Å². The number of carbonyl (C=O) groups excluding carboxylic acids is 2. The normalized spacial score (nSPS) is 15.0. The largest absolute Gasteiger partial charge is 0.488 e. The lowest BCUT2D eigenvalue weighted by atomic mass is 10.1. The summed E-state index contributed by atoms with van der Waals surface area (Å²) in [4.78, 5) is 25.3. The summed E-state index contributed by atoms with van der Waals surface area (Å²) < 4.78 is 6.78. The summed E-state index contributed by atoms with van der Waals surface area (Å²) in [6.45, 7) is 4.18. The first-order valence-electron chi connectivity index (χ1n) is 9.41. The molecule has 0 saturated carbocycles. The number of imide groups is 1. The Hall–Kier alpha value is -3.38. The Balaban J connectivity index is 1.50. The second-order valence-electron chi connectivity index (χ2n) is 6.81. The average molecular weight is 463 g/mol. The van der Waals surface area contributed by atoms with E-state index in [0.717, 1.165) is 25.9 Å². The van der Waals surface area contributed by atoms with Crippen molar-refractivity contribution in [1.29, 1.82) is 0 Å². The van der Waals surface area contributed by atoms with Crippen molar-refractivity contribution in [2.24, 2.45) is 0 Å². The molecule has 0 unspecified atom stereocenters. The van der Waals surface area contributed by atoms with E-state index in [0.29, 0.717) is 12.4 Å². The van der Waals surface area contributed by atoms with E-state index in [1.165, 1.54) is 11.5 Å². The van der Waals surface area contributed by atoms with Gasteiger partial charge in [0, 0.05) is 6.54 Å². The number of urea groups is 1. The van der Waals surface area contributed by atoms with Crippen LogP contribution in [0.25, 0.3) is 16.8 Å².